The molecule has 0 spiro atoms. The topological polar surface area (TPSA) is 86.7 Å². The number of halogens is 1. The summed E-state index contributed by atoms with van der Waals surface area (Å²) >= 11 is 0. The molecule has 1 aliphatic heterocycles. The smallest absolute Gasteiger partial charge is 0.249 e. The molecule has 2 bridgehead atoms. The number of primary amides is 1. The number of pyridine rings is 2. The van der Waals surface area contributed by atoms with E-state index in [9.17, 15) is 9.18 Å². The van der Waals surface area contributed by atoms with Gasteiger partial charge in [0.05, 0.1) is 28.7 Å². The minimum absolute atomic E-state index is 0.380. The molecule has 148 valence electrons. The zero-order valence-corrected chi connectivity index (χ0v) is 16.0. The summed E-state index contributed by atoms with van der Waals surface area (Å²) in [6.45, 7) is 0. The van der Waals surface area contributed by atoms with E-state index >= 15 is 0 Å². The summed E-state index contributed by atoms with van der Waals surface area (Å²) in [6, 6.07) is 10.9. The van der Waals surface area contributed by atoms with E-state index in [-0.39, 0.29) is 5.82 Å². The van der Waals surface area contributed by atoms with Gasteiger partial charge in [-0.1, -0.05) is 6.07 Å². The van der Waals surface area contributed by atoms with Crippen molar-refractivity contribution in [3.63, 3.8) is 0 Å². The predicted octanol–water partition coefficient (Wildman–Crippen LogP) is 4.22. The van der Waals surface area contributed by atoms with Crippen LogP contribution in [-0.4, -0.2) is 25.4 Å². The number of carbonyl (C=O) groups excluding carboxylic acids is 1. The van der Waals surface area contributed by atoms with Crippen LogP contribution in [0.25, 0.3) is 33.5 Å². The highest BCUT2D eigenvalue weighted by atomic mass is 19.1. The molecule has 3 aromatic heterocycles. The number of rotatable bonds is 3. The molecule has 7 heteroatoms. The number of amides is 1. The van der Waals surface area contributed by atoms with Crippen molar-refractivity contribution in [3.8, 4) is 22.6 Å². The Morgan fingerprint density at radius 1 is 1.13 bits per heavy atom. The molecule has 0 saturated heterocycles. The molecule has 6 rings (SSSR count). The lowest BCUT2D eigenvalue weighted by Gasteiger charge is -2.17. The van der Waals surface area contributed by atoms with Gasteiger partial charge in [-0.05, 0) is 49.6 Å². The van der Waals surface area contributed by atoms with Gasteiger partial charge in [0.2, 0.25) is 5.91 Å². The minimum atomic E-state index is -0.488. The van der Waals surface area contributed by atoms with Crippen LogP contribution >= 0.6 is 0 Å². The predicted molar refractivity (Wildman–Crippen MR) is 110 cm³/mol. The Balaban J connectivity index is 1.63. The molecule has 2 atom stereocenters. The van der Waals surface area contributed by atoms with Crippen molar-refractivity contribution in [2.45, 2.75) is 31.2 Å². The maximum absolute atomic E-state index is 13.5. The molecule has 0 unspecified atom stereocenters. The molecule has 1 amide bonds. The van der Waals surface area contributed by atoms with E-state index < -0.39 is 5.91 Å². The highest BCUT2D eigenvalue weighted by Gasteiger charge is 2.41. The first kappa shape index (κ1) is 17.3. The van der Waals surface area contributed by atoms with Crippen LogP contribution < -0.4 is 5.73 Å². The molecule has 0 radical (unpaired) electrons. The van der Waals surface area contributed by atoms with Crippen LogP contribution in [0.3, 0.4) is 0 Å². The molecule has 4 heterocycles. The summed E-state index contributed by atoms with van der Waals surface area (Å²) in [7, 11) is 0. The Morgan fingerprint density at radius 3 is 2.83 bits per heavy atom. The highest BCUT2D eigenvalue weighted by molar-refractivity contribution is 6.06. The Kier molecular flexibility index (Phi) is 3.56. The average Bonchev–Trinajstić information content (AvgIpc) is 3.46. The number of carbonyl (C=O) groups is 1. The van der Waals surface area contributed by atoms with Crippen LogP contribution in [0, 0.1) is 5.82 Å². The summed E-state index contributed by atoms with van der Waals surface area (Å²) in [5.41, 5.74) is 9.99. The molecule has 6 nitrogen and oxygen atoms in total. The first-order valence-corrected chi connectivity index (χ1v) is 10.0. The second-order valence-electron chi connectivity index (χ2n) is 8.02. The van der Waals surface area contributed by atoms with Crippen molar-refractivity contribution < 1.29 is 9.18 Å². The second kappa shape index (κ2) is 6.19. The van der Waals surface area contributed by atoms with Crippen LogP contribution in [0.4, 0.5) is 4.39 Å². The van der Waals surface area contributed by atoms with E-state index in [0.717, 1.165) is 42.0 Å². The SMILES string of the molecule is NC(=O)c1ccnc2ccc(-c3c(-c4ccc(F)cn4)nc4n3[C@H]3CC[C@@H]4C3)cc12. The number of hydrogen-bond acceptors (Lipinski definition) is 4. The summed E-state index contributed by atoms with van der Waals surface area (Å²) in [6.07, 6.45) is 6.18. The normalized spacial score (nSPS) is 19.4. The molecule has 30 heavy (non-hydrogen) atoms. The largest absolute Gasteiger partial charge is 0.366 e. The average molecular weight is 399 g/mol. The number of benzene rings is 1. The third-order valence-electron chi connectivity index (χ3n) is 6.32. The van der Waals surface area contributed by atoms with Gasteiger partial charge in [0.25, 0.3) is 0 Å². The van der Waals surface area contributed by atoms with Gasteiger partial charge >= 0.3 is 0 Å². The highest BCUT2D eigenvalue weighted by Crippen LogP contribution is 2.52. The number of hydrogen-bond donors (Lipinski definition) is 1. The van der Waals surface area contributed by atoms with Crippen molar-refractivity contribution in [2.24, 2.45) is 5.73 Å². The fourth-order valence-corrected chi connectivity index (χ4v) is 5.01. The van der Waals surface area contributed by atoms with E-state index in [1.807, 2.05) is 18.2 Å². The van der Waals surface area contributed by atoms with E-state index in [1.54, 1.807) is 18.3 Å². The number of nitrogens with zero attached hydrogens (tertiary/aromatic N) is 4. The zero-order chi connectivity index (χ0) is 20.4. The van der Waals surface area contributed by atoms with Crippen LogP contribution in [-0.2, 0) is 0 Å². The fourth-order valence-electron chi connectivity index (χ4n) is 5.01. The van der Waals surface area contributed by atoms with Crippen LogP contribution in [0.2, 0.25) is 0 Å². The summed E-state index contributed by atoms with van der Waals surface area (Å²) < 4.78 is 15.8. The van der Waals surface area contributed by atoms with Gasteiger partial charge in [-0.2, -0.15) is 0 Å². The summed E-state index contributed by atoms with van der Waals surface area (Å²) in [5, 5.41) is 0.708. The maximum atomic E-state index is 13.5. The first-order chi connectivity index (χ1) is 14.6. The molecule has 1 saturated carbocycles. The Hall–Kier alpha value is -3.61. The second-order valence-corrected chi connectivity index (χ2v) is 8.02. The Morgan fingerprint density at radius 2 is 2.03 bits per heavy atom. The van der Waals surface area contributed by atoms with Gasteiger partial charge in [-0.25, -0.2) is 9.37 Å². The molecular weight excluding hydrogens is 381 g/mol. The van der Waals surface area contributed by atoms with E-state index in [1.165, 1.54) is 12.3 Å². The van der Waals surface area contributed by atoms with Gasteiger partial charge in [-0.15, -0.1) is 0 Å². The summed E-state index contributed by atoms with van der Waals surface area (Å²) in [4.78, 5) is 25.6. The van der Waals surface area contributed by atoms with Crippen LogP contribution in [0.15, 0.2) is 48.8 Å². The monoisotopic (exact) mass is 399 g/mol. The van der Waals surface area contributed by atoms with Crippen molar-refractivity contribution >= 4 is 16.8 Å². The Labute approximate surface area is 171 Å². The number of aromatic nitrogens is 4. The van der Waals surface area contributed by atoms with Crippen LogP contribution in [0.1, 0.15) is 47.4 Å². The lowest BCUT2D eigenvalue weighted by Crippen LogP contribution is -2.12. The van der Waals surface area contributed by atoms with Gasteiger partial charge in [0.15, 0.2) is 0 Å². The number of imidazole rings is 1. The van der Waals surface area contributed by atoms with Crippen LogP contribution in [0.5, 0.6) is 0 Å². The lowest BCUT2D eigenvalue weighted by atomic mass is 10.0. The molecule has 1 aliphatic carbocycles. The quantitative estimate of drug-likeness (QED) is 0.559. The van der Waals surface area contributed by atoms with Crippen molar-refractivity contribution in [1.29, 1.82) is 0 Å². The third-order valence-corrected chi connectivity index (χ3v) is 6.32. The third kappa shape index (κ3) is 2.41. The molecule has 2 N–H and O–H groups in total. The lowest BCUT2D eigenvalue weighted by molar-refractivity contribution is 0.100. The van der Waals surface area contributed by atoms with Crippen molar-refractivity contribution in [1.82, 2.24) is 19.5 Å². The fraction of sp³-hybridized carbons (Fsp3) is 0.217. The zero-order valence-electron chi connectivity index (χ0n) is 16.0. The Bertz CT molecular complexity index is 1330. The minimum Gasteiger partial charge on any atom is -0.366 e. The van der Waals surface area contributed by atoms with Crippen molar-refractivity contribution in [3.05, 3.63) is 66.0 Å². The first-order valence-electron chi connectivity index (χ1n) is 10.0. The van der Waals surface area contributed by atoms with E-state index in [2.05, 4.69) is 14.5 Å². The van der Waals surface area contributed by atoms with Gasteiger partial charge < -0.3 is 10.3 Å². The van der Waals surface area contributed by atoms with Gasteiger partial charge in [0, 0.05) is 29.1 Å². The number of fused-ring (bicyclic) bond motifs is 6. The summed E-state index contributed by atoms with van der Waals surface area (Å²) in [5.74, 6) is 0.655. The molecule has 4 aromatic rings. The van der Waals surface area contributed by atoms with Gasteiger partial charge in [-0.3, -0.25) is 14.8 Å². The molecule has 1 fully saturated rings. The van der Waals surface area contributed by atoms with E-state index in [0.29, 0.717) is 34.1 Å². The number of nitrogens with two attached hydrogens (primary N) is 1. The molecular formula is C23H18FN5O. The van der Waals surface area contributed by atoms with Gasteiger partial charge in [0.1, 0.15) is 17.3 Å². The molecule has 2 aliphatic rings. The standard InChI is InChI=1S/C23H18FN5O/c24-14-3-6-19(27-11-14)20-21(29-15-4-1-13(9-15)23(29)28-20)12-2-5-18-17(10-12)16(22(25)30)7-8-26-18/h2-3,5-8,10-11,13,15H,1,4,9H2,(H2,25,30)/t13-,15+/m1/s1. The maximum Gasteiger partial charge on any atom is 0.249 e. The molecule has 1 aromatic carbocycles. The van der Waals surface area contributed by atoms with E-state index in [4.69, 9.17) is 10.7 Å². The van der Waals surface area contributed by atoms with Crippen molar-refractivity contribution in [2.75, 3.05) is 0 Å².